The summed E-state index contributed by atoms with van der Waals surface area (Å²) >= 11 is 1.41. The van der Waals surface area contributed by atoms with Gasteiger partial charge < -0.3 is 15.4 Å². The molecule has 0 spiro atoms. The minimum atomic E-state index is -0.196. The summed E-state index contributed by atoms with van der Waals surface area (Å²) in [5.41, 5.74) is 1.58. The Morgan fingerprint density at radius 1 is 1.14 bits per heavy atom. The van der Waals surface area contributed by atoms with Gasteiger partial charge in [0.1, 0.15) is 23.1 Å². The van der Waals surface area contributed by atoms with Gasteiger partial charge in [-0.25, -0.2) is 4.98 Å². The molecule has 7 heteroatoms. The van der Waals surface area contributed by atoms with E-state index in [0.717, 1.165) is 36.4 Å². The van der Waals surface area contributed by atoms with Crippen molar-refractivity contribution >= 4 is 23.2 Å². The highest BCUT2D eigenvalue weighted by molar-refractivity contribution is 7.09. The molecule has 0 unspecified atom stereocenters. The Hall–Kier alpha value is -2.41. The van der Waals surface area contributed by atoms with Crippen LogP contribution < -0.4 is 15.4 Å². The molecular formula is C22H29N3O3S. The molecule has 2 amide bonds. The molecule has 0 saturated heterocycles. The lowest BCUT2D eigenvalue weighted by molar-refractivity contribution is -0.125. The number of amides is 2. The third-order valence-corrected chi connectivity index (χ3v) is 5.92. The number of carbonyl (C=O) groups is 2. The van der Waals surface area contributed by atoms with E-state index in [4.69, 9.17) is 4.74 Å². The van der Waals surface area contributed by atoms with Gasteiger partial charge in [-0.3, -0.25) is 9.59 Å². The van der Waals surface area contributed by atoms with Crippen LogP contribution in [-0.4, -0.2) is 28.9 Å². The number of benzene rings is 1. The number of carbonyl (C=O) groups excluding carboxylic acids is 2. The maximum absolute atomic E-state index is 12.7. The molecule has 1 aliphatic carbocycles. The van der Waals surface area contributed by atoms with Crippen molar-refractivity contribution in [3.63, 3.8) is 0 Å². The van der Waals surface area contributed by atoms with Crippen LogP contribution in [0.5, 0.6) is 5.75 Å². The fourth-order valence-corrected chi connectivity index (χ4v) is 4.01. The Morgan fingerprint density at radius 3 is 2.45 bits per heavy atom. The molecule has 0 radical (unpaired) electrons. The lowest BCUT2D eigenvalue weighted by atomic mass is 9.89. The van der Waals surface area contributed by atoms with Crippen LogP contribution in [0.3, 0.4) is 0 Å². The van der Waals surface area contributed by atoms with E-state index in [1.54, 1.807) is 5.38 Å². The first-order valence-corrected chi connectivity index (χ1v) is 11.1. The van der Waals surface area contributed by atoms with Crippen LogP contribution in [0.1, 0.15) is 60.6 Å². The van der Waals surface area contributed by atoms with Gasteiger partial charge in [0.05, 0.1) is 0 Å². The second-order valence-corrected chi connectivity index (χ2v) is 8.81. The quantitative estimate of drug-likeness (QED) is 0.720. The van der Waals surface area contributed by atoms with E-state index in [1.807, 2.05) is 45.0 Å². The Morgan fingerprint density at radius 2 is 1.79 bits per heavy atom. The summed E-state index contributed by atoms with van der Waals surface area (Å²) in [4.78, 5) is 29.2. The van der Waals surface area contributed by atoms with Crippen LogP contribution in [0, 0.1) is 12.8 Å². The minimum absolute atomic E-state index is 0.0226. The van der Waals surface area contributed by atoms with E-state index in [1.165, 1.54) is 16.9 Å². The van der Waals surface area contributed by atoms with Crippen molar-refractivity contribution in [3.05, 3.63) is 45.9 Å². The third-order valence-electron chi connectivity index (χ3n) is 5.10. The number of hydrogen-bond acceptors (Lipinski definition) is 5. The average molecular weight is 416 g/mol. The number of aryl methyl sites for hydroxylation is 1. The zero-order valence-electron chi connectivity index (χ0n) is 17.2. The zero-order valence-corrected chi connectivity index (χ0v) is 18.1. The molecule has 2 atom stereocenters. The molecule has 2 aromatic rings. The number of hydrogen-bond donors (Lipinski definition) is 2. The second-order valence-electron chi connectivity index (χ2n) is 7.86. The van der Waals surface area contributed by atoms with Gasteiger partial charge in [0, 0.05) is 23.4 Å². The van der Waals surface area contributed by atoms with Gasteiger partial charge in [0.25, 0.3) is 5.91 Å². The number of rotatable bonds is 7. The van der Waals surface area contributed by atoms with Crippen molar-refractivity contribution in [3.8, 4) is 5.75 Å². The summed E-state index contributed by atoms with van der Waals surface area (Å²) in [6.45, 7) is 6.11. The van der Waals surface area contributed by atoms with E-state index in [-0.39, 0.29) is 29.8 Å². The zero-order chi connectivity index (χ0) is 20.8. The van der Waals surface area contributed by atoms with Crippen molar-refractivity contribution in [2.75, 3.05) is 0 Å². The van der Waals surface area contributed by atoms with Gasteiger partial charge >= 0.3 is 0 Å². The van der Waals surface area contributed by atoms with E-state index >= 15 is 0 Å². The van der Waals surface area contributed by atoms with E-state index < -0.39 is 0 Å². The molecule has 2 N–H and O–H groups in total. The van der Waals surface area contributed by atoms with Gasteiger partial charge in [-0.1, -0.05) is 44.4 Å². The number of ether oxygens (including phenoxy) is 1. The van der Waals surface area contributed by atoms with Gasteiger partial charge in [-0.2, -0.15) is 0 Å². The van der Waals surface area contributed by atoms with Crippen molar-refractivity contribution in [2.45, 2.75) is 65.1 Å². The summed E-state index contributed by atoms with van der Waals surface area (Å²) in [7, 11) is 0. The first-order valence-electron chi connectivity index (χ1n) is 10.2. The molecule has 1 heterocycles. The summed E-state index contributed by atoms with van der Waals surface area (Å²) in [6, 6.07) is 7.75. The Labute approximate surface area is 176 Å². The molecule has 1 aliphatic rings. The van der Waals surface area contributed by atoms with Crippen LogP contribution >= 0.6 is 11.3 Å². The average Bonchev–Trinajstić information content (AvgIpc) is 3.18. The van der Waals surface area contributed by atoms with Crippen molar-refractivity contribution in [1.82, 2.24) is 15.6 Å². The van der Waals surface area contributed by atoms with Crippen LogP contribution in [-0.2, 0) is 11.4 Å². The molecule has 156 valence electrons. The van der Waals surface area contributed by atoms with Gasteiger partial charge in [0.2, 0.25) is 5.91 Å². The first kappa shape index (κ1) is 21.3. The highest BCUT2D eigenvalue weighted by atomic mass is 32.1. The predicted molar refractivity (Wildman–Crippen MR) is 114 cm³/mol. The van der Waals surface area contributed by atoms with E-state index in [0.29, 0.717) is 12.3 Å². The molecule has 3 rings (SSSR count). The summed E-state index contributed by atoms with van der Waals surface area (Å²) < 4.78 is 5.74. The lowest BCUT2D eigenvalue weighted by Crippen LogP contribution is -2.53. The summed E-state index contributed by atoms with van der Waals surface area (Å²) in [5.74, 6) is 0.546. The molecule has 1 fully saturated rings. The SMILES string of the molecule is Cc1ccc(OCc2nc(C(=O)N[C@@H]3CCCC[C@H]3NC(=O)C(C)C)cs2)cc1. The highest BCUT2D eigenvalue weighted by Gasteiger charge is 2.29. The maximum Gasteiger partial charge on any atom is 0.271 e. The molecule has 1 aromatic carbocycles. The van der Waals surface area contributed by atoms with E-state index in [9.17, 15) is 9.59 Å². The van der Waals surface area contributed by atoms with Crippen LogP contribution in [0.15, 0.2) is 29.6 Å². The normalized spacial score (nSPS) is 19.0. The number of nitrogens with one attached hydrogen (secondary N) is 2. The number of aromatic nitrogens is 1. The van der Waals surface area contributed by atoms with Crippen LogP contribution in [0.25, 0.3) is 0 Å². The van der Waals surface area contributed by atoms with Crippen LogP contribution in [0.2, 0.25) is 0 Å². The second kappa shape index (κ2) is 9.87. The summed E-state index contributed by atoms with van der Waals surface area (Å²) in [6.07, 6.45) is 3.86. The molecule has 6 nitrogen and oxygen atoms in total. The smallest absolute Gasteiger partial charge is 0.271 e. The topological polar surface area (TPSA) is 80.3 Å². The van der Waals surface area contributed by atoms with E-state index in [2.05, 4.69) is 15.6 Å². The van der Waals surface area contributed by atoms with Crippen LogP contribution in [0.4, 0.5) is 0 Å². The van der Waals surface area contributed by atoms with Crippen molar-refractivity contribution in [1.29, 1.82) is 0 Å². The van der Waals surface area contributed by atoms with Crippen molar-refractivity contribution in [2.24, 2.45) is 5.92 Å². The van der Waals surface area contributed by atoms with Gasteiger partial charge in [-0.15, -0.1) is 11.3 Å². The Bertz CT molecular complexity index is 832. The highest BCUT2D eigenvalue weighted by Crippen LogP contribution is 2.20. The Balaban J connectivity index is 1.55. The molecule has 1 aromatic heterocycles. The van der Waals surface area contributed by atoms with Crippen molar-refractivity contribution < 1.29 is 14.3 Å². The molecule has 0 aliphatic heterocycles. The monoisotopic (exact) mass is 415 g/mol. The minimum Gasteiger partial charge on any atom is -0.486 e. The fourth-order valence-electron chi connectivity index (χ4n) is 3.33. The molecule has 0 bridgehead atoms. The lowest BCUT2D eigenvalue weighted by Gasteiger charge is -2.33. The Kier molecular flexibility index (Phi) is 7.25. The standard InChI is InChI=1S/C22H29N3O3S/c1-14(2)21(26)24-17-6-4-5-7-18(17)25-22(27)19-13-29-20(23-19)12-28-16-10-8-15(3)9-11-16/h8-11,13-14,17-18H,4-7,12H2,1-3H3,(H,24,26)(H,25,27)/t17-,18-/m1/s1. The molecule has 29 heavy (non-hydrogen) atoms. The third kappa shape index (κ3) is 6.03. The number of nitrogens with zero attached hydrogens (tertiary/aromatic N) is 1. The maximum atomic E-state index is 12.7. The first-order chi connectivity index (χ1) is 13.9. The largest absolute Gasteiger partial charge is 0.486 e. The predicted octanol–water partition coefficient (Wildman–Crippen LogP) is 3.84. The van der Waals surface area contributed by atoms with Gasteiger partial charge in [-0.05, 0) is 31.9 Å². The number of thiazole rings is 1. The molecule has 1 saturated carbocycles. The fraction of sp³-hybridized carbons (Fsp3) is 0.500. The van der Waals surface area contributed by atoms with Gasteiger partial charge in [0.15, 0.2) is 0 Å². The summed E-state index contributed by atoms with van der Waals surface area (Å²) in [5, 5.41) is 8.67. The molecular weight excluding hydrogens is 386 g/mol.